The van der Waals surface area contributed by atoms with Crippen molar-refractivity contribution in [1.82, 2.24) is 10.6 Å². The molecule has 4 N–H and O–H groups in total. The van der Waals surface area contributed by atoms with Gasteiger partial charge in [-0.15, -0.1) is 0 Å². The Morgan fingerprint density at radius 2 is 1.00 bits per heavy atom. The van der Waals surface area contributed by atoms with Gasteiger partial charge in [0.05, 0.1) is 25.3 Å². The van der Waals surface area contributed by atoms with Crippen LogP contribution in [0.15, 0.2) is 60.7 Å². The average molecular weight is 300 g/mol. The van der Waals surface area contributed by atoms with Gasteiger partial charge in [-0.05, 0) is 11.1 Å². The Kier molecular flexibility index (Phi) is 7.06. The fourth-order valence-electron chi connectivity index (χ4n) is 2.62. The molecule has 0 amide bonds. The fourth-order valence-corrected chi connectivity index (χ4v) is 2.62. The topological polar surface area (TPSA) is 64.5 Å². The molecule has 4 heteroatoms. The molecular weight excluding hydrogens is 276 g/mol. The number of aliphatic hydroxyl groups is 2. The Bertz CT molecular complexity index is 470. The van der Waals surface area contributed by atoms with Crippen LogP contribution in [0.5, 0.6) is 0 Å². The van der Waals surface area contributed by atoms with Gasteiger partial charge in [0.25, 0.3) is 0 Å². The van der Waals surface area contributed by atoms with E-state index in [4.69, 9.17) is 10.2 Å². The Morgan fingerprint density at radius 1 is 0.636 bits per heavy atom. The molecule has 0 spiro atoms. The summed E-state index contributed by atoms with van der Waals surface area (Å²) in [6.07, 6.45) is 0. The van der Waals surface area contributed by atoms with Crippen LogP contribution >= 0.6 is 0 Å². The van der Waals surface area contributed by atoms with Crippen LogP contribution in [0, 0.1) is 0 Å². The molecule has 0 heterocycles. The van der Waals surface area contributed by atoms with Gasteiger partial charge < -0.3 is 20.8 Å². The van der Waals surface area contributed by atoms with Crippen molar-refractivity contribution >= 4 is 0 Å². The van der Waals surface area contributed by atoms with E-state index in [9.17, 15) is 0 Å². The highest BCUT2D eigenvalue weighted by molar-refractivity contribution is 5.27. The highest BCUT2D eigenvalue weighted by Crippen LogP contribution is 2.28. The molecule has 4 nitrogen and oxygen atoms in total. The third-order valence-corrected chi connectivity index (χ3v) is 3.60. The van der Waals surface area contributed by atoms with Gasteiger partial charge in [0, 0.05) is 13.1 Å². The molecule has 0 radical (unpaired) electrons. The van der Waals surface area contributed by atoms with Crippen LogP contribution in [0.25, 0.3) is 0 Å². The lowest BCUT2D eigenvalue weighted by Gasteiger charge is -2.30. The zero-order chi connectivity index (χ0) is 15.6. The normalized spacial score (nSPS) is 13.7. The molecule has 0 bridgehead atoms. The number of nitrogens with one attached hydrogen (secondary N) is 2. The van der Waals surface area contributed by atoms with Crippen LogP contribution in [-0.2, 0) is 0 Å². The fraction of sp³-hybridized carbons (Fsp3) is 0.333. The molecule has 0 fully saturated rings. The summed E-state index contributed by atoms with van der Waals surface area (Å²) in [5, 5.41) is 25.1. The van der Waals surface area contributed by atoms with Gasteiger partial charge >= 0.3 is 0 Å². The van der Waals surface area contributed by atoms with Gasteiger partial charge in [0.1, 0.15) is 0 Å². The SMILES string of the molecule is OCCN[C@H](c1ccccc1)[C@@H](NCCO)c1ccccc1. The van der Waals surface area contributed by atoms with E-state index in [0.29, 0.717) is 13.1 Å². The molecule has 0 aliphatic rings. The number of aliphatic hydroxyl groups excluding tert-OH is 2. The summed E-state index contributed by atoms with van der Waals surface area (Å²) in [5.74, 6) is 0. The molecule has 2 aromatic rings. The van der Waals surface area contributed by atoms with Gasteiger partial charge in [-0.2, -0.15) is 0 Å². The van der Waals surface area contributed by atoms with E-state index in [0.717, 1.165) is 11.1 Å². The molecule has 0 aliphatic carbocycles. The molecule has 22 heavy (non-hydrogen) atoms. The predicted molar refractivity (Wildman–Crippen MR) is 88.5 cm³/mol. The van der Waals surface area contributed by atoms with Gasteiger partial charge in [-0.25, -0.2) is 0 Å². The molecule has 118 valence electrons. The minimum atomic E-state index is 0.0160. The second kappa shape index (κ2) is 9.33. The smallest absolute Gasteiger partial charge is 0.0556 e. The number of benzene rings is 2. The van der Waals surface area contributed by atoms with E-state index in [2.05, 4.69) is 34.9 Å². The van der Waals surface area contributed by atoms with Crippen molar-refractivity contribution in [2.24, 2.45) is 0 Å². The summed E-state index contributed by atoms with van der Waals surface area (Å²) in [6.45, 7) is 1.21. The van der Waals surface area contributed by atoms with Gasteiger partial charge in [0.15, 0.2) is 0 Å². The van der Waals surface area contributed by atoms with E-state index >= 15 is 0 Å². The van der Waals surface area contributed by atoms with E-state index in [1.807, 2.05) is 36.4 Å². The number of hydrogen-bond acceptors (Lipinski definition) is 4. The minimum Gasteiger partial charge on any atom is -0.395 e. The summed E-state index contributed by atoms with van der Waals surface area (Å²) in [4.78, 5) is 0. The second-order valence-corrected chi connectivity index (χ2v) is 5.13. The monoisotopic (exact) mass is 300 g/mol. The first kappa shape index (κ1) is 16.6. The number of rotatable bonds is 9. The van der Waals surface area contributed by atoms with Crippen molar-refractivity contribution in [3.05, 3.63) is 71.8 Å². The maximum atomic E-state index is 9.17. The molecule has 0 aromatic heterocycles. The van der Waals surface area contributed by atoms with Gasteiger partial charge in [-0.1, -0.05) is 60.7 Å². The molecule has 0 unspecified atom stereocenters. The van der Waals surface area contributed by atoms with E-state index in [1.165, 1.54) is 0 Å². The predicted octanol–water partition coefficient (Wildman–Crippen LogP) is 1.63. The first-order valence-corrected chi connectivity index (χ1v) is 7.65. The lowest BCUT2D eigenvalue weighted by Crippen LogP contribution is -2.37. The van der Waals surface area contributed by atoms with E-state index in [1.54, 1.807) is 0 Å². The van der Waals surface area contributed by atoms with E-state index in [-0.39, 0.29) is 25.3 Å². The Morgan fingerprint density at radius 3 is 1.32 bits per heavy atom. The van der Waals surface area contributed by atoms with Crippen molar-refractivity contribution in [3.63, 3.8) is 0 Å². The zero-order valence-corrected chi connectivity index (χ0v) is 12.7. The van der Waals surface area contributed by atoms with Crippen LogP contribution < -0.4 is 10.6 Å². The van der Waals surface area contributed by atoms with E-state index < -0.39 is 0 Å². The van der Waals surface area contributed by atoms with Crippen molar-refractivity contribution in [3.8, 4) is 0 Å². The zero-order valence-electron chi connectivity index (χ0n) is 12.7. The minimum absolute atomic E-state index is 0.0160. The third kappa shape index (κ3) is 4.64. The van der Waals surface area contributed by atoms with Crippen LogP contribution in [0.3, 0.4) is 0 Å². The number of hydrogen-bond donors (Lipinski definition) is 4. The molecule has 0 saturated heterocycles. The first-order chi connectivity index (χ1) is 10.9. The summed E-state index contributed by atoms with van der Waals surface area (Å²) >= 11 is 0. The average Bonchev–Trinajstić information content (AvgIpc) is 2.59. The highest BCUT2D eigenvalue weighted by atomic mass is 16.3. The molecule has 2 rings (SSSR count). The lowest BCUT2D eigenvalue weighted by molar-refractivity contribution is 0.257. The summed E-state index contributed by atoms with van der Waals surface area (Å²) in [6, 6.07) is 20.4. The second-order valence-electron chi connectivity index (χ2n) is 5.13. The summed E-state index contributed by atoms with van der Waals surface area (Å²) in [7, 11) is 0. The van der Waals surface area contributed by atoms with Gasteiger partial charge in [0.2, 0.25) is 0 Å². The van der Waals surface area contributed by atoms with Crippen LogP contribution in [0.4, 0.5) is 0 Å². The molecule has 2 atom stereocenters. The van der Waals surface area contributed by atoms with Gasteiger partial charge in [-0.3, -0.25) is 0 Å². The lowest BCUT2D eigenvalue weighted by atomic mass is 9.93. The Labute approximate surface area is 131 Å². The summed E-state index contributed by atoms with van der Waals surface area (Å²) < 4.78 is 0. The standard InChI is InChI=1S/C18H24N2O2/c21-13-11-19-17(15-7-3-1-4-8-15)18(20-12-14-22)16-9-5-2-6-10-16/h1-10,17-22H,11-14H2/t17-,18+. The van der Waals surface area contributed by atoms with Crippen LogP contribution in [-0.4, -0.2) is 36.5 Å². The molecule has 0 saturated carbocycles. The Balaban J connectivity index is 2.30. The van der Waals surface area contributed by atoms with Crippen LogP contribution in [0.2, 0.25) is 0 Å². The quantitative estimate of drug-likeness (QED) is 0.568. The maximum absolute atomic E-state index is 9.17. The van der Waals surface area contributed by atoms with Crippen LogP contribution in [0.1, 0.15) is 23.2 Å². The Hall–Kier alpha value is -1.72. The summed E-state index contributed by atoms with van der Waals surface area (Å²) in [5.41, 5.74) is 2.30. The first-order valence-electron chi connectivity index (χ1n) is 7.65. The maximum Gasteiger partial charge on any atom is 0.0556 e. The third-order valence-electron chi connectivity index (χ3n) is 3.60. The molecule has 2 aromatic carbocycles. The van der Waals surface area contributed by atoms with Crippen molar-refractivity contribution in [1.29, 1.82) is 0 Å². The van der Waals surface area contributed by atoms with Crippen molar-refractivity contribution in [2.45, 2.75) is 12.1 Å². The van der Waals surface area contributed by atoms with Crippen molar-refractivity contribution in [2.75, 3.05) is 26.3 Å². The van der Waals surface area contributed by atoms with Crippen molar-refractivity contribution < 1.29 is 10.2 Å². The highest BCUT2D eigenvalue weighted by Gasteiger charge is 2.23. The largest absolute Gasteiger partial charge is 0.395 e. The molecular formula is C18H24N2O2. The molecule has 0 aliphatic heterocycles.